The maximum atomic E-state index is 11.8. The first-order valence-electron chi connectivity index (χ1n) is 7.24. The number of nitrogens with one attached hydrogen (secondary N) is 1. The molecular formula is C16H21NO4. The molecule has 0 spiro atoms. The second kappa shape index (κ2) is 7.11. The van der Waals surface area contributed by atoms with Gasteiger partial charge in [-0.15, -0.1) is 0 Å². The van der Waals surface area contributed by atoms with Gasteiger partial charge in [0.05, 0.1) is 0 Å². The predicted octanol–water partition coefficient (Wildman–Crippen LogP) is 2.64. The Morgan fingerprint density at radius 1 is 1.24 bits per heavy atom. The van der Waals surface area contributed by atoms with Crippen LogP contribution in [0, 0.1) is 5.92 Å². The van der Waals surface area contributed by atoms with Crippen LogP contribution in [0.3, 0.4) is 0 Å². The first kappa shape index (κ1) is 15.4. The molecule has 0 aliphatic heterocycles. The van der Waals surface area contributed by atoms with Gasteiger partial charge in [0.1, 0.15) is 18.8 Å². The van der Waals surface area contributed by atoms with Crippen LogP contribution in [0.15, 0.2) is 30.3 Å². The van der Waals surface area contributed by atoms with Gasteiger partial charge in [-0.3, -0.25) is 0 Å². The normalized spacial score (nSPS) is 16.7. The lowest BCUT2D eigenvalue weighted by atomic mass is 10.2. The summed E-state index contributed by atoms with van der Waals surface area (Å²) in [6, 6.07) is 8.65. The number of benzene rings is 1. The summed E-state index contributed by atoms with van der Waals surface area (Å²) in [4.78, 5) is 23.4. The van der Waals surface area contributed by atoms with Gasteiger partial charge in [0.15, 0.2) is 0 Å². The van der Waals surface area contributed by atoms with Gasteiger partial charge in [-0.25, -0.2) is 9.59 Å². The molecule has 1 unspecified atom stereocenters. The molecule has 2 rings (SSSR count). The van der Waals surface area contributed by atoms with Crippen LogP contribution in [0.25, 0.3) is 0 Å². The van der Waals surface area contributed by atoms with Crippen molar-refractivity contribution in [2.45, 2.75) is 45.4 Å². The molecule has 5 heteroatoms. The minimum Gasteiger partial charge on any atom is -0.461 e. The van der Waals surface area contributed by atoms with Crippen LogP contribution in [0.4, 0.5) is 4.79 Å². The Hall–Kier alpha value is -2.04. The fourth-order valence-corrected chi connectivity index (χ4v) is 1.95. The SMILES string of the molecule is CC(OC(=O)[C@H](C)NC(=O)OCc1ccccc1)C1CC1. The van der Waals surface area contributed by atoms with Crippen LogP contribution in [0.2, 0.25) is 0 Å². The standard InChI is InChI=1S/C16H21NO4/c1-11(15(18)21-12(2)14-8-9-14)17-16(19)20-10-13-6-4-3-5-7-13/h3-7,11-12,14H,8-10H2,1-2H3,(H,17,19)/t11-,12?/m0/s1. The zero-order valence-electron chi connectivity index (χ0n) is 12.4. The van der Waals surface area contributed by atoms with Gasteiger partial charge in [0, 0.05) is 0 Å². The molecular weight excluding hydrogens is 270 g/mol. The van der Waals surface area contributed by atoms with Crippen molar-refractivity contribution in [2.24, 2.45) is 5.92 Å². The minimum absolute atomic E-state index is 0.0814. The van der Waals surface area contributed by atoms with Gasteiger partial charge in [-0.2, -0.15) is 0 Å². The second-order valence-corrected chi connectivity index (χ2v) is 5.41. The van der Waals surface area contributed by atoms with Crippen LogP contribution >= 0.6 is 0 Å². The zero-order chi connectivity index (χ0) is 15.2. The Morgan fingerprint density at radius 3 is 2.52 bits per heavy atom. The van der Waals surface area contributed by atoms with Crippen molar-refractivity contribution >= 4 is 12.1 Å². The smallest absolute Gasteiger partial charge is 0.408 e. The van der Waals surface area contributed by atoms with Crippen LogP contribution in [-0.2, 0) is 20.9 Å². The molecule has 1 aliphatic rings. The summed E-state index contributed by atoms with van der Waals surface area (Å²) >= 11 is 0. The summed E-state index contributed by atoms with van der Waals surface area (Å²) in [5, 5.41) is 2.48. The number of rotatable bonds is 6. The van der Waals surface area contributed by atoms with Crippen molar-refractivity contribution in [2.75, 3.05) is 0 Å². The van der Waals surface area contributed by atoms with Crippen molar-refractivity contribution < 1.29 is 19.1 Å². The molecule has 1 saturated carbocycles. The molecule has 0 heterocycles. The number of carbonyl (C=O) groups excluding carboxylic acids is 2. The Kier molecular flexibility index (Phi) is 5.20. The molecule has 0 radical (unpaired) electrons. The summed E-state index contributed by atoms with van der Waals surface area (Å²) in [7, 11) is 0. The molecule has 1 N–H and O–H groups in total. The molecule has 1 aromatic carbocycles. The number of ether oxygens (including phenoxy) is 2. The second-order valence-electron chi connectivity index (χ2n) is 5.41. The lowest BCUT2D eigenvalue weighted by molar-refractivity contribution is -0.151. The predicted molar refractivity (Wildman–Crippen MR) is 77.5 cm³/mol. The van der Waals surface area contributed by atoms with Gasteiger partial charge in [-0.1, -0.05) is 30.3 Å². The summed E-state index contributed by atoms with van der Waals surface area (Å²) in [5.41, 5.74) is 0.894. The lowest BCUT2D eigenvalue weighted by Crippen LogP contribution is -2.41. The van der Waals surface area contributed by atoms with Crippen molar-refractivity contribution in [3.05, 3.63) is 35.9 Å². The van der Waals surface area contributed by atoms with Gasteiger partial charge in [0.2, 0.25) is 0 Å². The van der Waals surface area contributed by atoms with E-state index in [0.29, 0.717) is 5.92 Å². The number of hydrogen-bond donors (Lipinski definition) is 1. The summed E-state index contributed by atoms with van der Waals surface area (Å²) in [6.07, 6.45) is 1.51. The number of carbonyl (C=O) groups is 2. The maximum absolute atomic E-state index is 11.8. The molecule has 0 saturated heterocycles. The number of amides is 1. The van der Waals surface area contributed by atoms with Gasteiger partial charge < -0.3 is 14.8 Å². The molecule has 114 valence electrons. The summed E-state index contributed by atoms with van der Waals surface area (Å²) in [6.45, 7) is 3.65. The number of hydrogen-bond acceptors (Lipinski definition) is 4. The third kappa shape index (κ3) is 5.10. The van der Waals surface area contributed by atoms with E-state index in [0.717, 1.165) is 18.4 Å². The van der Waals surface area contributed by atoms with Crippen molar-refractivity contribution in [3.8, 4) is 0 Å². The fourth-order valence-electron chi connectivity index (χ4n) is 1.95. The molecule has 21 heavy (non-hydrogen) atoms. The highest BCUT2D eigenvalue weighted by Gasteiger charge is 2.32. The van der Waals surface area contributed by atoms with E-state index < -0.39 is 18.1 Å². The topological polar surface area (TPSA) is 64.6 Å². The Morgan fingerprint density at radius 2 is 1.90 bits per heavy atom. The monoisotopic (exact) mass is 291 g/mol. The molecule has 5 nitrogen and oxygen atoms in total. The van der Waals surface area contributed by atoms with E-state index >= 15 is 0 Å². The highest BCUT2D eigenvalue weighted by atomic mass is 16.6. The third-order valence-corrected chi connectivity index (χ3v) is 3.49. The van der Waals surface area contributed by atoms with Crippen LogP contribution < -0.4 is 5.32 Å². The quantitative estimate of drug-likeness (QED) is 0.818. The summed E-state index contributed by atoms with van der Waals surface area (Å²) in [5.74, 6) is 0.0530. The van der Waals surface area contributed by atoms with Crippen molar-refractivity contribution in [1.82, 2.24) is 5.32 Å². The average molecular weight is 291 g/mol. The lowest BCUT2D eigenvalue weighted by Gasteiger charge is -2.17. The first-order chi connectivity index (χ1) is 10.1. The Bertz CT molecular complexity index is 484. The van der Waals surface area contributed by atoms with Crippen LogP contribution in [0.5, 0.6) is 0 Å². The highest BCUT2D eigenvalue weighted by molar-refractivity contribution is 5.81. The molecule has 0 bridgehead atoms. The zero-order valence-corrected chi connectivity index (χ0v) is 12.4. The molecule has 2 atom stereocenters. The van der Waals surface area contributed by atoms with E-state index in [1.54, 1.807) is 6.92 Å². The van der Waals surface area contributed by atoms with E-state index in [1.165, 1.54) is 0 Å². The summed E-state index contributed by atoms with van der Waals surface area (Å²) < 4.78 is 10.3. The average Bonchev–Trinajstić information content (AvgIpc) is 3.30. The van der Waals surface area contributed by atoms with Gasteiger partial charge >= 0.3 is 12.1 Å². The maximum Gasteiger partial charge on any atom is 0.408 e. The largest absolute Gasteiger partial charge is 0.461 e. The Balaban J connectivity index is 1.69. The third-order valence-electron chi connectivity index (χ3n) is 3.49. The van der Waals surface area contributed by atoms with E-state index in [2.05, 4.69) is 5.32 Å². The van der Waals surface area contributed by atoms with Gasteiger partial charge in [0.25, 0.3) is 0 Å². The number of esters is 1. The van der Waals surface area contributed by atoms with Crippen LogP contribution in [0.1, 0.15) is 32.3 Å². The Labute approximate surface area is 124 Å². The highest BCUT2D eigenvalue weighted by Crippen LogP contribution is 2.34. The first-order valence-corrected chi connectivity index (χ1v) is 7.24. The van der Waals surface area contributed by atoms with Crippen molar-refractivity contribution in [3.63, 3.8) is 0 Å². The van der Waals surface area contributed by atoms with Crippen LogP contribution in [-0.4, -0.2) is 24.2 Å². The molecule has 0 aromatic heterocycles. The van der Waals surface area contributed by atoms with E-state index in [4.69, 9.17) is 9.47 Å². The molecule has 1 aromatic rings. The van der Waals surface area contributed by atoms with E-state index in [9.17, 15) is 9.59 Å². The molecule has 1 amide bonds. The minimum atomic E-state index is -0.713. The van der Waals surface area contributed by atoms with Gasteiger partial charge in [-0.05, 0) is 38.2 Å². The molecule has 1 fully saturated rings. The van der Waals surface area contributed by atoms with Crippen molar-refractivity contribution in [1.29, 1.82) is 0 Å². The van der Waals surface area contributed by atoms with E-state index in [1.807, 2.05) is 37.3 Å². The van der Waals surface area contributed by atoms with E-state index in [-0.39, 0.29) is 12.7 Å². The number of alkyl carbamates (subject to hydrolysis) is 1. The fraction of sp³-hybridized carbons (Fsp3) is 0.500. The molecule has 1 aliphatic carbocycles.